The summed E-state index contributed by atoms with van der Waals surface area (Å²) in [4.78, 5) is 16.8. The van der Waals surface area contributed by atoms with Crippen molar-refractivity contribution in [1.82, 2.24) is 4.98 Å². The molecule has 5 heteroatoms. The van der Waals surface area contributed by atoms with E-state index in [2.05, 4.69) is 4.98 Å². The zero-order chi connectivity index (χ0) is 19.8. The highest BCUT2D eigenvalue weighted by Crippen LogP contribution is 2.32. The third kappa shape index (κ3) is 2.99. The fourth-order valence-corrected chi connectivity index (χ4v) is 3.24. The van der Waals surface area contributed by atoms with E-state index < -0.39 is 11.2 Å². The van der Waals surface area contributed by atoms with E-state index in [1.165, 1.54) is 0 Å². The number of nitrogens with zero attached hydrogens (tertiary/aromatic N) is 1. The average molecular weight is 381 g/mol. The van der Waals surface area contributed by atoms with Crippen LogP contribution >= 0.6 is 0 Å². The lowest BCUT2D eigenvalue weighted by atomic mass is 10.1. The first-order valence-electron chi connectivity index (χ1n) is 9.07. The van der Waals surface area contributed by atoms with Gasteiger partial charge in [-0.1, -0.05) is 54.6 Å². The van der Waals surface area contributed by atoms with Crippen LogP contribution < -0.4 is 5.43 Å². The van der Waals surface area contributed by atoms with E-state index in [9.17, 15) is 9.90 Å². The number of hydrogen-bond acceptors (Lipinski definition) is 5. The Kier molecular flexibility index (Phi) is 3.99. The Bertz CT molecular complexity index is 1370. The summed E-state index contributed by atoms with van der Waals surface area (Å²) in [5, 5.41) is 10.7. The molecular formula is C24H15NO4. The maximum Gasteiger partial charge on any atom is 0.235 e. The number of hydrogen-bond donors (Lipinski definition) is 1. The zero-order valence-electron chi connectivity index (χ0n) is 15.2. The molecule has 0 fully saturated rings. The molecule has 5 nitrogen and oxygen atoms in total. The van der Waals surface area contributed by atoms with Crippen molar-refractivity contribution in [3.05, 3.63) is 95.3 Å². The first kappa shape index (κ1) is 17.0. The third-order valence-corrected chi connectivity index (χ3v) is 4.73. The maximum atomic E-state index is 12.4. The van der Waals surface area contributed by atoms with E-state index >= 15 is 0 Å². The minimum atomic E-state index is -0.453. The minimum Gasteiger partial charge on any atom is -0.502 e. The van der Waals surface area contributed by atoms with Gasteiger partial charge in [-0.3, -0.25) is 4.79 Å². The summed E-state index contributed by atoms with van der Waals surface area (Å²) in [5.41, 5.74) is 2.29. The molecule has 1 N–H and O–H groups in total. The first-order chi connectivity index (χ1) is 14.2. The van der Waals surface area contributed by atoms with Gasteiger partial charge in [-0.15, -0.1) is 0 Å². The molecular weight excluding hydrogens is 366 g/mol. The van der Waals surface area contributed by atoms with Crippen LogP contribution in [0.15, 0.2) is 98.7 Å². The Hall–Kier alpha value is -4.12. The molecule has 0 saturated heterocycles. The van der Waals surface area contributed by atoms with Crippen molar-refractivity contribution in [2.75, 3.05) is 0 Å². The molecule has 5 rings (SSSR count). The predicted octanol–water partition coefficient (Wildman–Crippen LogP) is 5.49. The molecule has 2 aromatic heterocycles. The summed E-state index contributed by atoms with van der Waals surface area (Å²) in [5.74, 6) is 0.902. The fraction of sp³-hybridized carbons (Fsp3) is 0. The molecule has 0 saturated carbocycles. The Balaban J connectivity index is 1.52. The van der Waals surface area contributed by atoms with Gasteiger partial charge in [0.05, 0.1) is 11.6 Å². The van der Waals surface area contributed by atoms with Crippen LogP contribution in [-0.4, -0.2) is 10.1 Å². The quantitative estimate of drug-likeness (QED) is 0.447. The number of aromatic hydroxyl groups is 1. The second-order valence-electron chi connectivity index (χ2n) is 6.58. The van der Waals surface area contributed by atoms with E-state index in [4.69, 9.17) is 8.83 Å². The SMILES string of the molecule is O=c1c(O)c(-c2ccc(-c3ncc(-c4ccccc4)o3)cc2)oc2ccccc12. The monoisotopic (exact) mass is 381 g/mol. The second kappa shape index (κ2) is 6.80. The van der Waals surface area contributed by atoms with Gasteiger partial charge in [0, 0.05) is 16.7 Å². The number of oxazole rings is 1. The Morgan fingerprint density at radius 2 is 1.41 bits per heavy atom. The predicted molar refractivity (Wildman–Crippen MR) is 111 cm³/mol. The molecule has 0 aliphatic heterocycles. The van der Waals surface area contributed by atoms with Gasteiger partial charge in [-0.2, -0.15) is 0 Å². The lowest BCUT2D eigenvalue weighted by Crippen LogP contribution is -2.02. The van der Waals surface area contributed by atoms with Crippen molar-refractivity contribution in [2.24, 2.45) is 0 Å². The molecule has 0 spiro atoms. The fourth-order valence-electron chi connectivity index (χ4n) is 3.24. The van der Waals surface area contributed by atoms with Crippen LogP contribution in [0.2, 0.25) is 0 Å². The lowest BCUT2D eigenvalue weighted by Gasteiger charge is -2.06. The molecule has 140 valence electrons. The summed E-state index contributed by atoms with van der Waals surface area (Å²) >= 11 is 0. The van der Waals surface area contributed by atoms with Crippen LogP contribution in [-0.2, 0) is 0 Å². The molecule has 0 atom stereocenters. The molecule has 0 unspecified atom stereocenters. The Labute approximate surface area is 165 Å². The number of fused-ring (bicyclic) bond motifs is 1. The van der Waals surface area contributed by atoms with Crippen LogP contribution in [0.4, 0.5) is 0 Å². The van der Waals surface area contributed by atoms with Crippen molar-refractivity contribution in [3.63, 3.8) is 0 Å². The lowest BCUT2D eigenvalue weighted by molar-refractivity contribution is 0.449. The molecule has 3 aromatic carbocycles. The first-order valence-corrected chi connectivity index (χ1v) is 9.07. The van der Waals surface area contributed by atoms with Gasteiger partial charge in [-0.05, 0) is 24.3 Å². The highest BCUT2D eigenvalue weighted by Gasteiger charge is 2.16. The molecule has 0 bridgehead atoms. The summed E-state index contributed by atoms with van der Waals surface area (Å²) in [6.45, 7) is 0. The Morgan fingerprint density at radius 1 is 0.724 bits per heavy atom. The van der Waals surface area contributed by atoms with Gasteiger partial charge >= 0.3 is 0 Å². The van der Waals surface area contributed by atoms with E-state index in [1.54, 1.807) is 42.6 Å². The van der Waals surface area contributed by atoms with Gasteiger partial charge in [0.1, 0.15) is 5.58 Å². The van der Waals surface area contributed by atoms with Crippen LogP contribution in [0.3, 0.4) is 0 Å². The largest absolute Gasteiger partial charge is 0.502 e. The van der Waals surface area contributed by atoms with Gasteiger partial charge < -0.3 is 13.9 Å². The molecule has 0 aliphatic carbocycles. The third-order valence-electron chi connectivity index (χ3n) is 4.73. The van der Waals surface area contributed by atoms with Crippen molar-refractivity contribution >= 4 is 11.0 Å². The van der Waals surface area contributed by atoms with E-state index in [1.807, 2.05) is 42.5 Å². The number of aromatic nitrogens is 1. The second-order valence-corrected chi connectivity index (χ2v) is 6.58. The summed E-state index contributed by atoms with van der Waals surface area (Å²) < 4.78 is 11.6. The highest BCUT2D eigenvalue weighted by molar-refractivity contribution is 5.82. The van der Waals surface area contributed by atoms with E-state index in [-0.39, 0.29) is 5.76 Å². The molecule has 0 radical (unpaired) electrons. The molecule has 0 amide bonds. The summed E-state index contributed by atoms with van der Waals surface area (Å²) in [7, 11) is 0. The van der Waals surface area contributed by atoms with Crippen molar-refractivity contribution in [3.8, 4) is 39.9 Å². The van der Waals surface area contributed by atoms with Crippen LogP contribution in [0, 0.1) is 0 Å². The minimum absolute atomic E-state index is 0.137. The maximum absolute atomic E-state index is 12.4. The van der Waals surface area contributed by atoms with Gasteiger partial charge in [-0.25, -0.2) is 4.98 Å². The van der Waals surface area contributed by atoms with Crippen LogP contribution in [0.25, 0.3) is 45.1 Å². The number of benzene rings is 3. The van der Waals surface area contributed by atoms with Crippen molar-refractivity contribution in [2.45, 2.75) is 0 Å². The Morgan fingerprint density at radius 3 is 2.21 bits per heavy atom. The van der Waals surface area contributed by atoms with Crippen LogP contribution in [0.5, 0.6) is 5.75 Å². The summed E-state index contributed by atoms with van der Waals surface area (Å²) in [6.07, 6.45) is 1.69. The standard InChI is InChI=1S/C24H15NO4/c26-21-18-8-4-5-9-19(18)28-23(22(21)27)16-10-12-17(13-11-16)24-25-14-20(29-24)15-6-2-1-3-7-15/h1-14,27H. The normalized spacial score (nSPS) is 11.0. The number of rotatable bonds is 3. The summed E-state index contributed by atoms with van der Waals surface area (Å²) in [6, 6.07) is 23.7. The number of para-hydroxylation sites is 1. The smallest absolute Gasteiger partial charge is 0.235 e. The molecule has 5 aromatic rings. The highest BCUT2D eigenvalue weighted by atomic mass is 16.4. The average Bonchev–Trinajstić information content (AvgIpc) is 3.27. The van der Waals surface area contributed by atoms with Crippen molar-refractivity contribution in [1.29, 1.82) is 0 Å². The van der Waals surface area contributed by atoms with Crippen molar-refractivity contribution < 1.29 is 13.9 Å². The van der Waals surface area contributed by atoms with Crippen LogP contribution in [0.1, 0.15) is 0 Å². The topological polar surface area (TPSA) is 76.5 Å². The van der Waals surface area contributed by atoms with Gasteiger partial charge in [0.15, 0.2) is 11.5 Å². The zero-order valence-corrected chi connectivity index (χ0v) is 15.2. The molecule has 0 aliphatic rings. The van der Waals surface area contributed by atoms with E-state index in [0.717, 1.165) is 11.1 Å². The van der Waals surface area contributed by atoms with Gasteiger partial charge in [0.25, 0.3) is 0 Å². The van der Waals surface area contributed by atoms with Gasteiger partial charge in [0.2, 0.25) is 17.1 Å². The van der Waals surface area contributed by atoms with E-state index in [0.29, 0.717) is 28.2 Å². The molecule has 29 heavy (non-hydrogen) atoms. The molecule has 2 heterocycles.